The molecule has 0 bridgehead atoms. The Morgan fingerprint density at radius 2 is 1.94 bits per heavy atom. The Balaban J connectivity index is 2.53. The van der Waals surface area contributed by atoms with Crippen LogP contribution in [-0.2, 0) is 6.54 Å². The molecule has 84 valence electrons. The van der Waals surface area contributed by atoms with Crippen molar-refractivity contribution in [2.75, 3.05) is 0 Å². The SMILES string of the molecule is Cc1nc(-c2ccc(C)c(C)c2)c(CN)o1. The molecular formula is C13H16N2O. The average Bonchev–Trinajstić information content (AvgIpc) is 2.63. The zero-order valence-corrected chi connectivity index (χ0v) is 9.87. The number of nitrogens with two attached hydrogens (primary N) is 1. The minimum atomic E-state index is 0.378. The molecule has 0 radical (unpaired) electrons. The lowest BCUT2D eigenvalue weighted by Gasteiger charge is -2.03. The van der Waals surface area contributed by atoms with Gasteiger partial charge in [0.05, 0.1) is 6.54 Å². The Bertz CT molecular complexity index is 515. The molecule has 0 saturated carbocycles. The Morgan fingerprint density at radius 3 is 2.56 bits per heavy atom. The van der Waals surface area contributed by atoms with Crippen LogP contribution in [-0.4, -0.2) is 4.98 Å². The Hall–Kier alpha value is -1.61. The molecule has 2 aromatic rings. The quantitative estimate of drug-likeness (QED) is 0.839. The van der Waals surface area contributed by atoms with E-state index in [1.807, 2.05) is 6.92 Å². The van der Waals surface area contributed by atoms with Crippen LogP contribution in [0.5, 0.6) is 0 Å². The van der Waals surface area contributed by atoms with Gasteiger partial charge in [0.1, 0.15) is 11.5 Å². The third-order valence-corrected chi connectivity index (χ3v) is 2.77. The standard InChI is InChI=1S/C13H16N2O/c1-8-4-5-11(6-9(8)2)13-12(7-14)16-10(3)15-13/h4-6H,7,14H2,1-3H3. The summed E-state index contributed by atoms with van der Waals surface area (Å²) in [5, 5.41) is 0. The molecule has 0 atom stereocenters. The number of aryl methyl sites for hydroxylation is 3. The van der Waals surface area contributed by atoms with Crippen LogP contribution >= 0.6 is 0 Å². The number of nitrogens with zero attached hydrogens (tertiary/aromatic N) is 1. The summed E-state index contributed by atoms with van der Waals surface area (Å²) in [6, 6.07) is 6.26. The maximum absolute atomic E-state index is 5.64. The molecule has 2 rings (SSSR count). The van der Waals surface area contributed by atoms with Crippen LogP contribution in [0.2, 0.25) is 0 Å². The smallest absolute Gasteiger partial charge is 0.191 e. The van der Waals surface area contributed by atoms with Crippen LogP contribution in [0.15, 0.2) is 22.6 Å². The Morgan fingerprint density at radius 1 is 1.19 bits per heavy atom. The van der Waals surface area contributed by atoms with E-state index in [9.17, 15) is 0 Å². The summed E-state index contributed by atoms with van der Waals surface area (Å²) in [5.74, 6) is 1.41. The van der Waals surface area contributed by atoms with Crippen molar-refractivity contribution in [1.82, 2.24) is 4.98 Å². The van der Waals surface area contributed by atoms with Crippen LogP contribution in [0, 0.1) is 20.8 Å². The van der Waals surface area contributed by atoms with E-state index in [2.05, 4.69) is 37.0 Å². The van der Waals surface area contributed by atoms with Gasteiger partial charge in [0, 0.05) is 12.5 Å². The summed E-state index contributed by atoms with van der Waals surface area (Å²) < 4.78 is 5.45. The number of rotatable bonds is 2. The van der Waals surface area contributed by atoms with Crippen molar-refractivity contribution in [2.24, 2.45) is 5.73 Å². The molecule has 2 N–H and O–H groups in total. The van der Waals surface area contributed by atoms with E-state index in [4.69, 9.17) is 10.2 Å². The number of aromatic nitrogens is 1. The maximum Gasteiger partial charge on any atom is 0.191 e. The molecular weight excluding hydrogens is 200 g/mol. The lowest BCUT2D eigenvalue weighted by Crippen LogP contribution is -1.96. The number of hydrogen-bond donors (Lipinski definition) is 1. The van der Waals surface area contributed by atoms with Crippen molar-refractivity contribution in [1.29, 1.82) is 0 Å². The van der Waals surface area contributed by atoms with Crippen molar-refractivity contribution in [2.45, 2.75) is 27.3 Å². The molecule has 0 aliphatic rings. The minimum Gasteiger partial charge on any atom is -0.444 e. The first kappa shape index (κ1) is 10.9. The highest BCUT2D eigenvalue weighted by atomic mass is 16.4. The molecule has 0 unspecified atom stereocenters. The zero-order valence-electron chi connectivity index (χ0n) is 9.87. The fourth-order valence-electron chi connectivity index (χ4n) is 1.72. The fraction of sp³-hybridized carbons (Fsp3) is 0.308. The third-order valence-electron chi connectivity index (χ3n) is 2.77. The normalized spacial score (nSPS) is 10.8. The van der Waals surface area contributed by atoms with E-state index in [0.717, 1.165) is 17.0 Å². The highest BCUT2D eigenvalue weighted by molar-refractivity contribution is 5.63. The maximum atomic E-state index is 5.64. The Labute approximate surface area is 95.3 Å². The molecule has 0 amide bonds. The number of benzene rings is 1. The first-order valence-corrected chi connectivity index (χ1v) is 5.36. The fourth-order valence-corrected chi connectivity index (χ4v) is 1.72. The molecule has 0 saturated heterocycles. The molecule has 16 heavy (non-hydrogen) atoms. The number of hydrogen-bond acceptors (Lipinski definition) is 3. The lowest BCUT2D eigenvalue weighted by atomic mass is 10.0. The summed E-state index contributed by atoms with van der Waals surface area (Å²) >= 11 is 0. The van der Waals surface area contributed by atoms with Crippen molar-refractivity contribution in [3.8, 4) is 11.3 Å². The van der Waals surface area contributed by atoms with E-state index in [0.29, 0.717) is 12.4 Å². The molecule has 3 heteroatoms. The highest BCUT2D eigenvalue weighted by Gasteiger charge is 2.11. The van der Waals surface area contributed by atoms with Crippen LogP contribution < -0.4 is 5.73 Å². The molecule has 0 spiro atoms. The van der Waals surface area contributed by atoms with Crippen molar-refractivity contribution in [3.05, 3.63) is 41.0 Å². The number of oxazole rings is 1. The molecule has 0 aliphatic carbocycles. The summed E-state index contributed by atoms with van der Waals surface area (Å²) in [4.78, 5) is 4.38. The van der Waals surface area contributed by atoms with Gasteiger partial charge in [0.25, 0.3) is 0 Å². The first-order valence-electron chi connectivity index (χ1n) is 5.36. The molecule has 1 heterocycles. The van der Waals surface area contributed by atoms with Gasteiger partial charge in [0.2, 0.25) is 0 Å². The molecule has 1 aromatic carbocycles. The van der Waals surface area contributed by atoms with Gasteiger partial charge in [-0.15, -0.1) is 0 Å². The molecule has 0 fully saturated rings. The average molecular weight is 216 g/mol. The highest BCUT2D eigenvalue weighted by Crippen LogP contribution is 2.25. The summed E-state index contributed by atoms with van der Waals surface area (Å²) in [6.07, 6.45) is 0. The molecule has 1 aromatic heterocycles. The second kappa shape index (κ2) is 4.10. The van der Waals surface area contributed by atoms with Gasteiger partial charge in [-0.25, -0.2) is 4.98 Å². The van der Waals surface area contributed by atoms with Gasteiger partial charge in [-0.2, -0.15) is 0 Å². The predicted molar refractivity (Wildman–Crippen MR) is 64.0 cm³/mol. The summed E-state index contributed by atoms with van der Waals surface area (Å²) in [7, 11) is 0. The largest absolute Gasteiger partial charge is 0.444 e. The van der Waals surface area contributed by atoms with E-state index in [1.165, 1.54) is 11.1 Å². The van der Waals surface area contributed by atoms with Gasteiger partial charge >= 0.3 is 0 Å². The summed E-state index contributed by atoms with van der Waals surface area (Å²) in [5.41, 5.74) is 10.1. The van der Waals surface area contributed by atoms with Gasteiger partial charge < -0.3 is 10.2 Å². The minimum absolute atomic E-state index is 0.378. The topological polar surface area (TPSA) is 52.0 Å². The second-order valence-electron chi connectivity index (χ2n) is 4.01. The van der Waals surface area contributed by atoms with E-state index >= 15 is 0 Å². The zero-order chi connectivity index (χ0) is 11.7. The van der Waals surface area contributed by atoms with Crippen LogP contribution in [0.25, 0.3) is 11.3 Å². The summed E-state index contributed by atoms with van der Waals surface area (Å²) in [6.45, 7) is 6.40. The van der Waals surface area contributed by atoms with Gasteiger partial charge in [-0.05, 0) is 31.0 Å². The molecule has 3 nitrogen and oxygen atoms in total. The van der Waals surface area contributed by atoms with Gasteiger partial charge in [-0.3, -0.25) is 0 Å². The lowest BCUT2D eigenvalue weighted by molar-refractivity contribution is 0.477. The van der Waals surface area contributed by atoms with Gasteiger partial charge in [-0.1, -0.05) is 12.1 Å². The third kappa shape index (κ3) is 1.86. The first-order chi connectivity index (χ1) is 7.61. The van der Waals surface area contributed by atoms with Crippen molar-refractivity contribution >= 4 is 0 Å². The van der Waals surface area contributed by atoms with Crippen molar-refractivity contribution in [3.63, 3.8) is 0 Å². The predicted octanol–water partition coefficient (Wildman–Crippen LogP) is 2.73. The van der Waals surface area contributed by atoms with Crippen LogP contribution in [0.3, 0.4) is 0 Å². The van der Waals surface area contributed by atoms with Gasteiger partial charge in [0.15, 0.2) is 5.89 Å². The van der Waals surface area contributed by atoms with Crippen molar-refractivity contribution < 1.29 is 4.42 Å². The van der Waals surface area contributed by atoms with Crippen LogP contribution in [0.4, 0.5) is 0 Å². The molecule has 0 aliphatic heterocycles. The van der Waals surface area contributed by atoms with E-state index in [-0.39, 0.29) is 0 Å². The second-order valence-corrected chi connectivity index (χ2v) is 4.01. The monoisotopic (exact) mass is 216 g/mol. The Kier molecular flexibility index (Phi) is 2.79. The van der Waals surface area contributed by atoms with Crippen LogP contribution in [0.1, 0.15) is 22.8 Å². The van der Waals surface area contributed by atoms with E-state index < -0.39 is 0 Å². The van der Waals surface area contributed by atoms with E-state index in [1.54, 1.807) is 0 Å².